The quantitative estimate of drug-likeness (QED) is 0.335. The predicted molar refractivity (Wildman–Crippen MR) is 150 cm³/mol. The molecule has 3 heterocycles. The second-order valence-electron chi connectivity index (χ2n) is 10.6. The van der Waals surface area contributed by atoms with Crippen molar-refractivity contribution < 1.29 is 4.43 Å². The number of thioether (sulfide) groups is 1. The van der Waals surface area contributed by atoms with Gasteiger partial charge in [0.2, 0.25) is 0 Å². The third-order valence-corrected chi connectivity index (χ3v) is 13.4. The number of benzene rings is 1. The summed E-state index contributed by atoms with van der Waals surface area (Å²) in [7, 11) is 0.178. The Morgan fingerprint density at radius 3 is 2.65 bits per heavy atom. The van der Waals surface area contributed by atoms with Gasteiger partial charge < -0.3 is 9.74 Å². The van der Waals surface area contributed by atoms with Gasteiger partial charge in [0, 0.05) is 29.0 Å². The molecule has 0 fully saturated rings. The maximum Gasteiger partial charge on any atom is 0.192 e. The number of hydrogen-bond donors (Lipinski definition) is 1. The van der Waals surface area contributed by atoms with E-state index < -0.39 is 8.32 Å². The molecule has 0 radical (unpaired) electrons. The minimum atomic E-state index is -1.84. The lowest BCUT2D eigenvalue weighted by molar-refractivity contribution is 0.277. The van der Waals surface area contributed by atoms with Crippen LogP contribution in [0.3, 0.4) is 0 Å². The van der Waals surface area contributed by atoms with Crippen molar-refractivity contribution in [1.29, 1.82) is 0 Å². The van der Waals surface area contributed by atoms with Gasteiger partial charge in [-0.15, -0.1) is 11.8 Å². The lowest BCUT2D eigenvalue weighted by atomic mass is 9.98. The van der Waals surface area contributed by atoms with E-state index in [-0.39, 0.29) is 16.3 Å². The normalized spacial score (nSPS) is 18.8. The number of hydrogen-bond acceptors (Lipinski definition) is 5. The minimum Gasteiger partial charge on any atom is -0.415 e. The third kappa shape index (κ3) is 5.15. The average Bonchev–Trinajstić information content (AvgIpc) is 2.96. The van der Waals surface area contributed by atoms with Gasteiger partial charge in [-0.3, -0.25) is 9.67 Å². The Morgan fingerprint density at radius 1 is 1.24 bits per heavy atom. The highest BCUT2D eigenvalue weighted by atomic mass is 79.9. The standard InChI is InChI=1S/C26H35BrN4OSSi/c1-17-14-18(27)11-12-20(17)24-22-23(21-10-8-9-13-28-21)30-31(5)25(22)29-19(16-33-24)15-32-34(6,7)26(2,3)4/h8-14,19,24,29H,15-16H2,1-7H3. The summed E-state index contributed by atoms with van der Waals surface area (Å²) < 4.78 is 9.71. The first-order chi connectivity index (χ1) is 16.0. The van der Waals surface area contributed by atoms with Gasteiger partial charge in [0.15, 0.2) is 8.32 Å². The molecule has 8 heteroatoms. The Labute approximate surface area is 217 Å². The number of fused-ring (bicyclic) bond motifs is 1. The lowest BCUT2D eigenvalue weighted by Crippen LogP contribution is -2.44. The average molecular weight is 560 g/mol. The topological polar surface area (TPSA) is 52.0 Å². The molecule has 0 amide bonds. The van der Waals surface area contributed by atoms with E-state index in [1.54, 1.807) is 0 Å². The molecule has 0 bridgehead atoms. The van der Waals surface area contributed by atoms with Gasteiger partial charge in [-0.05, 0) is 60.4 Å². The zero-order valence-corrected chi connectivity index (χ0v) is 24.5. The van der Waals surface area contributed by atoms with Crippen molar-refractivity contribution in [1.82, 2.24) is 14.8 Å². The number of anilines is 1. The molecule has 0 saturated heterocycles. The molecule has 1 aliphatic rings. The molecule has 4 rings (SSSR count). The first-order valence-electron chi connectivity index (χ1n) is 11.7. The third-order valence-electron chi connectivity index (χ3n) is 7.02. The molecule has 0 saturated carbocycles. The Bertz CT molecular complexity index is 1160. The number of halogens is 1. The summed E-state index contributed by atoms with van der Waals surface area (Å²) in [6, 6.07) is 12.8. The van der Waals surface area contributed by atoms with Crippen LogP contribution < -0.4 is 5.32 Å². The first kappa shape index (κ1) is 25.5. The van der Waals surface area contributed by atoms with Crippen molar-refractivity contribution in [3.63, 3.8) is 0 Å². The smallest absolute Gasteiger partial charge is 0.192 e. The van der Waals surface area contributed by atoms with Crippen molar-refractivity contribution in [3.8, 4) is 11.4 Å². The van der Waals surface area contributed by atoms with Crippen LogP contribution >= 0.6 is 27.7 Å². The monoisotopic (exact) mass is 558 g/mol. The molecule has 5 nitrogen and oxygen atoms in total. The molecular formula is C26H35BrN4OSSi. The largest absolute Gasteiger partial charge is 0.415 e. The molecule has 3 aromatic rings. The Hall–Kier alpha value is -1.61. The molecule has 0 aliphatic carbocycles. The van der Waals surface area contributed by atoms with Crippen molar-refractivity contribution in [2.75, 3.05) is 17.7 Å². The molecular weight excluding hydrogens is 524 g/mol. The summed E-state index contributed by atoms with van der Waals surface area (Å²) >= 11 is 5.59. The molecule has 2 unspecified atom stereocenters. The zero-order valence-electron chi connectivity index (χ0n) is 21.1. The maximum atomic E-state index is 6.63. The molecule has 0 spiro atoms. The summed E-state index contributed by atoms with van der Waals surface area (Å²) in [5, 5.41) is 9.10. The highest BCUT2D eigenvalue weighted by molar-refractivity contribution is 9.10. The van der Waals surface area contributed by atoms with Gasteiger partial charge >= 0.3 is 0 Å². The van der Waals surface area contributed by atoms with Crippen LogP contribution in [0.4, 0.5) is 5.82 Å². The summed E-state index contributed by atoms with van der Waals surface area (Å²) in [6.07, 6.45) is 1.84. The Balaban J connectivity index is 1.75. The fourth-order valence-electron chi connectivity index (χ4n) is 3.98. The van der Waals surface area contributed by atoms with E-state index >= 15 is 0 Å². The van der Waals surface area contributed by atoms with Crippen LogP contribution in [0.25, 0.3) is 11.4 Å². The van der Waals surface area contributed by atoms with Gasteiger partial charge in [-0.2, -0.15) is 5.10 Å². The van der Waals surface area contributed by atoms with Crippen LogP contribution in [0.15, 0.2) is 47.1 Å². The van der Waals surface area contributed by atoms with E-state index in [9.17, 15) is 0 Å². The zero-order chi connectivity index (χ0) is 24.7. The number of pyridine rings is 1. The second kappa shape index (κ2) is 9.80. The SMILES string of the molecule is Cc1cc(Br)ccc1C1SCC(CO[Si](C)(C)C(C)(C)C)Nc2c1c(-c1ccccn1)nn2C. The molecule has 1 aliphatic heterocycles. The van der Waals surface area contributed by atoms with Gasteiger partial charge in [0.05, 0.1) is 23.6 Å². The Morgan fingerprint density at radius 2 is 2.00 bits per heavy atom. The summed E-state index contributed by atoms with van der Waals surface area (Å²) in [5.41, 5.74) is 5.62. The van der Waals surface area contributed by atoms with E-state index in [1.807, 2.05) is 47.9 Å². The van der Waals surface area contributed by atoms with Gasteiger partial charge in [0.25, 0.3) is 0 Å². The molecule has 2 aromatic heterocycles. The van der Waals surface area contributed by atoms with Crippen LogP contribution in [0, 0.1) is 6.92 Å². The Kier molecular flexibility index (Phi) is 7.34. The second-order valence-corrected chi connectivity index (χ2v) is 17.4. The minimum absolute atomic E-state index is 0.152. The fraction of sp³-hybridized carbons (Fsp3) is 0.462. The number of nitrogens with zero attached hydrogens (tertiary/aromatic N) is 3. The van der Waals surface area contributed by atoms with E-state index in [0.717, 1.165) is 27.4 Å². The van der Waals surface area contributed by atoms with Crippen molar-refractivity contribution >= 4 is 41.8 Å². The van der Waals surface area contributed by atoms with Crippen LogP contribution in [-0.2, 0) is 11.5 Å². The lowest BCUT2D eigenvalue weighted by Gasteiger charge is -2.37. The molecule has 1 N–H and O–H groups in total. The van der Waals surface area contributed by atoms with Gasteiger partial charge in [-0.1, -0.05) is 48.8 Å². The van der Waals surface area contributed by atoms with Crippen LogP contribution in [-0.4, -0.2) is 41.5 Å². The number of aromatic nitrogens is 3. The fourth-order valence-corrected chi connectivity index (χ4v) is 6.94. The van der Waals surface area contributed by atoms with Crippen LogP contribution in [0.2, 0.25) is 18.1 Å². The molecule has 2 atom stereocenters. The van der Waals surface area contributed by atoms with E-state index in [4.69, 9.17) is 9.52 Å². The van der Waals surface area contributed by atoms with E-state index in [1.165, 1.54) is 16.7 Å². The number of nitrogens with one attached hydrogen (secondary N) is 1. The molecule has 1 aromatic carbocycles. The van der Waals surface area contributed by atoms with E-state index in [0.29, 0.717) is 6.61 Å². The van der Waals surface area contributed by atoms with Crippen molar-refractivity contribution in [2.45, 2.75) is 57.1 Å². The van der Waals surface area contributed by atoms with Crippen molar-refractivity contribution in [2.24, 2.45) is 7.05 Å². The van der Waals surface area contributed by atoms with Crippen molar-refractivity contribution in [3.05, 3.63) is 63.8 Å². The summed E-state index contributed by atoms with van der Waals surface area (Å²) in [6.45, 7) is 14.4. The highest BCUT2D eigenvalue weighted by Gasteiger charge is 2.39. The summed E-state index contributed by atoms with van der Waals surface area (Å²) in [4.78, 5) is 4.64. The summed E-state index contributed by atoms with van der Waals surface area (Å²) in [5.74, 6) is 2.01. The number of rotatable bonds is 5. The predicted octanol–water partition coefficient (Wildman–Crippen LogP) is 7.19. The molecule has 34 heavy (non-hydrogen) atoms. The maximum absolute atomic E-state index is 6.63. The van der Waals surface area contributed by atoms with Gasteiger partial charge in [0.1, 0.15) is 11.5 Å². The molecule has 182 valence electrons. The van der Waals surface area contributed by atoms with Crippen LogP contribution in [0.5, 0.6) is 0 Å². The van der Waals surface area contributed by atoms with Crippen LogP contribution in [0.1, 0.15) is 42.7 Å². The van der Waals surface area contributed by atoms with E-state index in [2.05, 4.69) is 85.2 Å². The van der Waals surface area contributed by atoms with Gasteiger partial charge in [-0.25, -0.2) is 0 Å². The first-order valence-corrected chi connectivity index (χ1v) is 16.5. The number of aryl methyl sites for hydroxylation is 2. The highest BCUT2D eigenvalue weighted by Crippen LogP contribution is 2.47.